The van der Waals surface area contributed by atoms with Gasteiger partial charge in [0.15, 0.2) is 0 Å². The van der Waals surface area contributed by atoms with Crippen LogP contribution in [0, 0.1) is 5.82 Å². The van der Waals surface area contributed by atoms with Crippen molar-refractivity contribution in [3.63, 3.8) is 0 Å². The van der Waals surface area contributed by atoms with Crippen LogP contribution in [0.4, 0.5) is 10.2 Å². The average Bonchev–Trinajstić information content (AvgIpc) is 2.43. The Balaban J connectivity index is 2.27. The highest BCUT2D eigenvalue weighted by Gasteiger charge is 2.07. The average molecular weight is 340 g/mol. The largest absolute Gasteiger partial charge is 0.439 e. The van der Waals surface area contributed by atoms with Crippen molar-refractivity contribution >= 4 is 21.7 Å². The summed E-state index contributed by atoms with van der Waals surface area (Å²) in [5, 5.41) is 3.12. The first-order valence-electron chi connectivity index (χ1n) is 6.37. The van der Waals surface area contributed by atoms with Gasteiger partial charge in [0.05, 0.1) is 4.47 Å². The summed E-state index contributed by atoms with van der Waals surface area (Å²) in [6.45, 7) is 4.71. The summed E-state index contributed by atoms with van der Waals surface area (Å²) < 4.78 is 19.4. The molecule has 0 fully saturated rings. The SMILES string of the molecule is CCNc1cc(Oc2ccc(Br)c(F)c2)nc(CC)n1. The smallest absolute Gasteiger partial charge is 0.224 e. The van der Waals surface area contributed by atoms with Crippen molar-refractivity contribution in [1.82, 2.24) is 9.97 Å². The van der Waals surface area contributed by atoms with E-state index in [-0.39, 0.29) is 5.82 Å². The third-order valence-corrected chi connectivity index (χ3v) is 3.18. The number of nitrogens with zero attached hydrogens (tertiary/aromatic N) is 2. The maximum absolute atomic E-state index is 13.5. The van der Waals surface area contributed by atoms with E-state index < -0.39 is 0 Å². The third kappa shape index (κ3) is 3.66. The van der Waals surface area contributed by atoms with E-state index in [1.165, 1.54) is 6.07 Å². The summed E-state index contributed by atoms with van der Waals surface area (Å²) in [7, 11) is 0. The summed E-state index contributed by atoms with van der Waals surface area (Å²) >= 11 is 3.10. The number of nitrogens with one attached hydrogen (secondary N) is 1. The summed E-state index contributed by atoms with van der Waals surface area (Å²) in [5.74, 6) is 1.80. The molecule has 1 heterocycles. The van der Waals surface area contributed by atoms with E-state index >= 15 is 0 Å². The number of hydrogen-bond donors (Lipinski definition) is 1. The second-order valence-electron chi connectivity index (χ2n) is 4.07. The molecule has 0 aliphatic heterocycles. The fraction of sp³-hybridized carbons (Fsp3) is 0.286. The van der Waals surface area contributed by atoms with Gasteiger partial charge in [-0.05, 0) is 35.0 Å². The fourth-order valence-corrected chi connectivity index (χ4v) is 1.86. The molecule has 6 heteroatoms. The van der Waals surface area contributed by atoms with E-state index in [1.807, 2.05) is 13.8 Å². The summed E-state index contributed by atoms with van der Waals surface area (Å²) in [5.41, 5.74) is 0. The lowest BCUT2D eigenvalue weighted by atomic mass is 10.3. The molecule has 0 unspecified atom stereocenters. The van der Waals surface area contributed by atoms with Crippen molar-refractivity contribution < 1.29 is 9.13 Å². The Kier molecular flexibility index (Phi) is 4.89. The molecule has 20 heavy (non-hydrogen) atoms. The zero-order chi connectivity index (χ0) is 14.5. The van der Waals surface area contributed by atoms with Gasteiger partial charge in [-0.3, -0.25) is 0 Å². The predicted octanol–water partition coefficient (Wildman–Crippen LogP) is 4.16. The van der Waals surface area contributed by atoms with Crippen LogP contribution in [0.15, 0.2) is 28.7 Å². The predicted molar refractivity (Wildman–Crippen MR) is 79.7 cm³/mol. The van der Waals surface area contributed by atoms with Gasteiger partial charge in [0.25, 0.3) is 0 Å². The highest BCUT2D eigenvalue weighted by Crippen LogP contribution is 2.25. The number of benzene rings is 1. The molecule has 2 aromatic rings. The molecule has 0 amide bonds. The molecule has 1 aromatic heterocycles. The van der Waals surface area contributed by atoms with E-state index in [2.05, 4.69) is 31.2 Å². The third-order valence-electron chi connectivity index (χ3n) is 2.54. The molecule has 0 spiro atoms. The van der Waals surface area contributed by atoms with Crippen molar-refractivity contribution in [2.24, 2.45) is 0 Å². The molecule has 0 saturated heterocycles. The van der Waals surface area contributed by atoms with Gasteiger partial charge in [0.1, 0.15) is 23.2 Å². The van der Waals surface area contributed by atoms with Gasteiger partial charge >= 0.3 is 0 Å². The van der Waals surface area contributed by atoms with Crippen LogP contribution < -0.4 is 10.1 Å². The first-order chi connectivity index (χ1) is 9.62. The lowest BCUT2D eigenvalue weighted by Gasteiger charge is -2.09. The maximum atomic E-state index is 13.5. The number of aryl methyl sites for hydroxylation is 1. The molecule has 0 saturated carbocycles. The number of rotatable bonds is 5. The molecule has 2 rings (SSSR count). The lowest BCUT2D eigenvalue weighted by Crippen LogP contribution is -2.04. The Morgan fingerprint density at radius 3 is 2.70 bits per heavy atom. The topological polar surface area (TPSA) is 47.0 Å². The summed E-state index contributed by atoms with van der Waals surface area (Å²) in [6, 6.07) is 6.28. The molecular weight excluding hydrogens is 325 g/mol. The minimum Gasteiger partial charge on any atom is -0.439 e. The van der Waals surface area contributed by atoms with E-state index in [0.29, 0.717) is 34.2 Å². The molecular formula is C14H15BrFN3O. The molecule has 4 nitrogen and oxygen atoms in total. The summed E-state index contributed by atoms with van der Waals surface area (Å²) in [6.07, 6.45) is 0.699. The Labute approximate surface area is 125 Å². The van der Waals surface area contributed by atoms with Crippen LogP contribution in [0.5, 0.6) is 11.6 Å². The van der Waals surface area contributed by atoms with Crippen LogP contribution in [0.25, 0.3) is 0 Å². The quantitative estimate of drug-likeness (QED) is 0.888. The van der Waals surface area contributed by atoms with Crippen molar-refractivity contribution in [2.75, 3.05) is 11.9 Å². The van der Waals surface area contributed by atoms with Crippen LogP contribution in [0.2, 0.25) is 0 Å². The van der Waals surface area contributed by atoms with Gasteiger partial charge in [-0.1, -0.05) is 6.92 Å². The van der Waals surface area contributed by atoms with Crippen LogP contribution in [0.3, 0.4) is 0 Å². The Hall–Kier alpha value is -1.69. The summed E-state index contributed by atoms with van der Waals surface area (Å²) in [4.78, 5) is 8.61. The van der Waals surface area contributed by atoms with Crippen LogP contribution in [-0.2, 0) is 6.42 Å². The molecule has 0 atom stereocenters. The van der Waals surface area contributed by atoms with E-state index in [0.717, 1.165) is 6.54 Å². The molecule has 0 bridgehead atoms. The van der Waals surface area contributed by atoms with Crippen LogP contribution >= 0.6 is 15.9 Å². The molecule has 1 N–H and O–H groups in total. The first kappa shape index (κ1) is 14.7. The maximum Gasteiger partial charge on any atom is 0.224 e. The molecule has 106 valence electrons. The van der Waals surface area contributed by atoms with Gasteiger partial charge in [-0.25, -0.2) is 9.37 Å². The number of halogens is 2. The van der Waals surface area contributed by atoms with Crippen LogP contribution in [-0.4, -0.2) is 16.5 Å². The van der Waals surface area contributed by atoms with Crippen molar-refractivity contribution in [3.05, 3.63) is 40.4 Å². The number of ether oxygens (including phenoxy) is 1. The Morgan fingerprint density at radius 2 is 2.05 bits per heavy atom. The minimum atomic E-state index is -0.376. The lowest BCUT2D eigenvalue weighted by molar-refractivity contribution is 0.454. The zero-order valence-electron chi connectivity index (χ0n) is 11.3. The first-order valence-corrected chi connectivity index (χ1v) is 7.16. The zero-order valence-corrected chi connectivity index (χ0v) is 12.9. The van der Waals surface area contributed by atoms with Gasteiger partial charge in [-0.2, -0.15) is 4.98 Å². The highest BCUT2D eigenvalue weighted by atomic mass is 79.9. The van der Waals surface area contributed by atoms with E-state index in [9.17, 15) is 4.39 Å². The van der Waals surface area contributed by atoms with Crippen molar-refractivity contribution in [2.45, 2.75) is 20.3 Å². The molecule has 0 aliphatic rings. The minimum absolute atomic E-state index is 0.376. The normalized spacial score (nSPS) is 10.4. The Morgan fingerprint density at radius 1 is 1.25 bits per heavy atom. The van der Waals surface area contributed by atoms with E-state index in [1.54, 1.807) is 18.2 Å². The second kappa shape index (κ2) is 6.65. The molecule has 0 radical (unpaired) electrons. The highest BCUT2D eigenvalue weighted by molar-refractivity contribution is 9.10. The number of aromatic nitrogens is 2. The van der Waals surface area contributed by atoms with Gasteiger partial charge in [-0.15, -0.1) is 0 Å². The van der Waals surface area contributed by atoms with Crippen molar-refractivity contribution in [3.8, 4) is 11.6 Å². The van der Waals surface area contributed by atoms with Crippen molar-refractivity contribution in [1.29, 1.82) is 0 Å². The van der Waals surface area contributed by atoms with Gasteiger partial charge in [0.2, 0.25) is 5.88 Å². The second-order valence-corrected chi connectivity index (χ2v) is 4.92. The van der Waals surface area contributed by atoms with E-state index in [4.69, 9.17) is 4.74 Å². The molecule has 0 aliphatic carbocycles. The monoisotopic (exact) mass is 339 g/mol. The van der Waals surface area contributed by atoms with Gasteiger partial charge in [0, 0.05) is 25.1 Å². The number of anilines is 1. The number of hydrogen-bond acceptors (Lipinski definition) is 4. The van der Waals surface area contributed by atoms with Crippen LogP contribution in [0.1, 0.15) is 19.7 Å². The standard InChI is InChI=1S/C14H15BrFN3O/c1-3-12-18-13(17-4-2)8-14(19-12)20-9-5-6-10(15)11(16)7-9/h5-8H,3-4H2,1-2H3,(H,17,18,19). The van der Waals surface area contributed by atoms with Gasteiger partial charge < -0.3 is 10.1 Å². The fourth-order valence-electron chi connectivity index (χ4n) is 1.62. The molecule has 1 aromatic carbocycles. The Bertz CT molecular complexity index is 607.